The Morgan fingerprint density at radius 2 is 1.86 bits per heavy atom. The highest BCUT2D eigenvalue weighted by Gasteiger charge is 2.34. The van der Waals surface area contributed by atoms with E-state index in [4.69, 9.17) is 32.7 Å². The molecule has 0 saturated carbocycles. The second kappa shape index (κ2) is 12.0. The Morgan fingerprint density at radius 1 is 1.11 bits per heavy atom. The van der Waals surface area contributed by atoms with Crippen LogP contribution in [-0.2, 0) is 12.8 Å². The maximum atomic E-state index is 13.1. The zero-order valence-electron chi connectivity index (χ0n) is 18.1. The number of ether oxygens (including phenoxy) is 2. The SMILES string of the molecule is CCOc1cc(/C=N/NC(=O)c2ccccc2C(F)(F)F)cc(I)c1OCc1ccc(Cl)cc1Cl. The third-order valence-corrected chi connectivity index (χ3v) is 5.96. The van der Waals surface area contributed by atoms with E-state index in [9.17, 15) is 18.0 Å². The number of hydrogen-bond acceptors (Lipinski definition) is 4. The largest absolute Gasteiger partial charge is 0.490 e. The molecule has 11 heteroatoms. The lowest BCUT2D eigenvalue weighted by Crippen LogP contribution is -2.22. The molecule has 0 bridgehead atoms. The van der Waals surface area contributed by atoms with Crippen molar-refractivity contribution in [1.82, 2.24) is 5.43 Å². The molecule has 0 aliphatic rings. The van der Waals surface area contributed by atoms with Gasteiger partial charge in [-0.15, -0.1) is 0 Å². The van der Waals surface area contributed by atoms with E-state index in [1.54, 1.807) is 30.3 Å². The minimum Gasteiger partial charge on any atom is -0.490 e. The minimum atomic E-state index is -4.66. The summed E-state index contributed by atoms with van der Waals surface area (Å²) in [6, 6.07) is 12.9. The number of rotatable bonds is 8. The average Bonchev–Trinajstić information content (AvgIpc) is 2.79. The van der Waals surface area contributed by atoms with Crippen LogP contribution in [0, 0.1) is 3.57 Å². The smallest absolute Gasteiger partial charge is 0.417 e. The van der Waals surface area contributed by atoms with Crippen LogP contribution >= 0.6 is 45.8 Å². The van der Waals surface area contributed by atoms with Gasteiger partial charge < -0.3 is 9.47 Å². The summed E-state index contributed by atoms with van der Waals surface area (Å²) in [5.74, 6) is -0.0628. The molecule has 5 nitrogen and oxygen atoms in total. The van der Waals surface area contributed by atoms with Crippen molar-refractivity contribution in [2.45, 2.75) is 19.7 Å². The van der Waals surface area contributed by atoms with E-state index < -0.39 is 23.2 Å². The fraction of sp³-hybridized carbons (Fsp3) is 0.167. The van der Waals surface area contributed by atoms with Gasteiger partial charge in [0.2, 0.25) is 0 Å². The molecule has 0 fully saturated rings. The highest BCUT2D eigenvalue weighted by molar-refractivity contribution is 14.1. The van der Waals surface area contributed by atoms with Gasteiger partial charge in [-0.1, -0.05) is 41.4 Å². The van der Waals surface area contributed by atoms with Crippen LogP contribution in [0.3, 0.4) is 0 Å². The number of benzene rings is 3. The summed E-state index contributed by atoms with van der Waals surface area (Å²) >= 11 is 14.2. The van der Waals surface area contributed by atoms with Crippen LogP contribution in [0.4, 0.5) is 13.2 Å². The Kier molecular flexibility index (Phi) is 9.26. The molecule has 3 aromatic rings. The van der Waals surface area contributed by atoms with E-state index in [2.05, 4.69) is 33.1 Å². The highest BCUT2D eigenvalue weighted by Crippen LogP contribution is 2.35. The average molecular weight is 637 g/mol. The number of carbonyl (C=O) groups excluding carboxylic acids is 1. The quantitative estimate of drug-likeness (QED) is 0.160. The predicted molar refractivity (Wildman–Crippen MR) is 138 cm³/mol. The topological polar surface area (TPSA) is 59.9 Å². The van der Waals surface area contributed by atoms with Crippen LogP contribution in [-0.4, -0.2) is 18.7 Å². The maximum Gasteiger partial charge on any atom is 0.417 e. The van der Waals surface area contributed by atoms with Gasteiger partial charge in [-0.3, -0.25) is 4.79 Å². The first-order chi connectivity index (χ1) is 16.6. The molecule has 0 atom stereocenters. The summed E-state index contributed by atoms with van der Waals surface area (Å²) in [5, 5.41) is 4.79. The first-order valence-corrected chi connectivity index (χ1v) is 12.0. The standard InChI is InChI=1S/C24H18Cl2F3IN2O3/c1-2-34-21-10-14(9-20(30)22(21)35-13-15-7-8-16(25)11-19(15)26)12-31-32-23(33)17-5-3-4-6-18(17)24(27,28)29/h3-12H,2,13H2,1H3,(H,32,33)/b31-12+. The molecule has 0 aliphatic carbocycles. The van der Waals surface area contributed by atoms with Gasteiger partial charge in [-0.05, 0) is 71.5 Å². The molecule has 0 radical (unpaired) electrons. The highest BCUT2D eigenvalue weighted by atomic mass is 127. The second-order valence-corrected chi connectivity index (χ2v) is 9.04. The second-order valence-electron chi connectivity index (χ2n) is 7.03. The summed E-state index contributed by atoms with van der Waals surface area (Å²) < 4.78 is 51.8. The molecule has 0 spiro atoms. The lowest BCUT2D eigenvalue weighted by Gasteiger charge is -2.15. The Hall–Kier alpha value is -2.50. The number of hydrazone groups is 1. The van der Waals surface area contributed by atoms with Gasteiger partial charge in [-0.25, -0.2) is 5.43 Å². The fourth-order valence-corrected chi connectivity index (χ4v) is 4.25. The Labute approximate surface area is 223 Å². The van der Waals surface area contributed by atoms with Gasteiger partial charge in [0.15, 0.2) is 11.5 Å². The van der Waals surface area contributed by atoms with Crippen molar-refractivity contribution in [3.05, 3.63) is 90.5 Å². The van der Waals surface area contributed by atoms with E-state index >= 15 is 0 Å². The van der Waals surface area contributed by atoms with Crippen LogP contribution in [0.1, 0.15) is 34.0 Å². The van der Waals surface area contributed by atoms with Crippen LogP contribution in [0.5, 0.6) is 11.5 Å². The van der Waals surface area contributed by atoms with E-state index in [0.29, 0.717) is 37.3 Å². The lowest BCUT2D eigenvalue weighted by atomic mass is 10.1. The Bertz CT molecular complexity index is 1250. The van der Waals surface area contributed by atoms with Crippen molar-refractivity contribution in [3.63, 3.8) is 0 Å². The van der Waals surface area contributed by atoms with Gasteiger partial charge >= 0.3 is 6.18 Å². The summed E-state index contributed by atoms with van der Waals surface area (Å²) in [7, 11) is 0. The van der Waals surface area contributed by atoms with Gasteiger partial charge in [0.05, 0.1) is 27.5 Å². The van der Waals surface area contributed by atoms with E-state index in [1.807, 2.05) is 6.92 Å². The molecule has 1 amide bonds. The van der Waals surface area contributed by atoms with Crippen molar-refractivity contribution < 1.29 is 27.4 Å². The van der Waals surface area contributed by atoms with Gasteiger partial charge in [0, 0.05) is 15.6 Å². The lowest BCUT2D eigenvalue weighted by molar-refractivity contribution is -0.137. The Balaban J connectivity index is 1.77. The molecule has 184 valence electrons. The van der Waals surface area contributed by atoms with E-state index in [-0.39, 0.29) is 6.61 Å². The van der Waals surface area contributed by atoms with Crippen LogP contribution in [0.2, 0.25) is 10.0 Å². The zero-order chi connectivity index (χ0) is 25.6. The normalized spacial score (nSPS) is 11.5. The Morgan fingerprint density at radius 3 is 2.54 bits per heavy atom. The fourth-order valence-electron chi connectivity index (χ4n) is 3.01. The third-order valence-electron chi connectivity index (χ3n) is 4.58. The molecule has 3 aromatic carbocycles. The van der Waals surface area contributed by atoms with Crippen molar-refractivity contribution in [2.75, 3.05) is 6.61 Å². The van der Waals surface area contributed by atoms with Crippen molar-refractivity contribution >= 4 is 57.9 Å². The van der Waals surface area contributed by atoms with E-state index in [1.165, 1.54) is 18.3 Å². The molecule has 0 unspecified atom stereocenters. The monoisotopic (exact) mass is 636 g/mol. The number of alkyl halides is 3. The number of nitrogens with one attached hydrogen (secondary N) is 1. The molecule has 3 rings (SSSR count). The van der Waals surface area contributed by atoms with Crippen LogP contribution < -0.4 is 14.9 Å². The summed E-state index contributed by atoms with van der Waals surface area (Å²) in [6.07, 6.45) is -3.36. The van der Waals surface area contributed by atoms with Crippen molar-refractivity contribution in [2.24, 2.45) is 5.10 Å². The predicted octanol–water partition coefficient (Wildman–Crippen LogP) is 7.36. The first-order valence-electron chi connectivity index (χ1n) is 10.1. The van der Waals surface area contributed by atoms with Crippen LogP contribution in [0.25, 0.3) is 0 Å². The number of amides is 1. The maximum absolute atomic E-state index is 13.1. The number of nitrogens with zero attached hydrogens (tertiary/aromatic N) is 1. The van der Waals surface area contributed by atoms with Gasteiger partial charge in [0.25, 0.3) is 5.91 Å². The molecule has 0 heterocycles. The number of halogens is 6. The molecule has 1 N–H and O–H groups in total. The van der Waals surface area contributed by atoms with Crippen molar-refractivity contribution in [1.29, 1.82) is 0 Å². The third kappa shape index (κ3) is 7.25. The molecule has 35 heavy (non-hydrogen) atoms. The van der Waals surface area contributed by atoms with E-state index in [0.717, 1.165) is 17.7 Å². The molecule has 0 aliphatic heterocycles. The van der Waals surface area contributed by atoms with Gasteiger partial charge in [-0.2, -0.15) is 18.3 Å². The summed E-state index contributed by atoms with van der Waals surface area (Å²) in [4.78, 5) is 12.3. The first kappa shape index (κ1) is 27.1. The minimum absolute atomic E-state index is 0.175. The summed E-state index contributed by atoms with van der Waals surface area (Å²) in [6.45, 7) is 2.35. The molecular weight excluding hydrogens is 619 g/mol. The molecule has 0 saturated heterocycles. The molecular formula is C24H18Cl2F3IN2O3. The van der Waals surface area contributed by atoms with Crippen LogP contribution in [0.15, 0.2) is 59.7 Å². The summed E-state index contributed by atoms with van der Waals surface area (Å²) in [5.41, 5.74) is 1.85. The number of carbonyl (C=O) groups is 1. The zero-order valence-corrected chi connectivity index (χ0v) is 21.8. The number of hydrogen-bond donors (Lipinski definition) is 1. The molecule has 0 aromatic heterocycles. The van der Waals surface area contributed by atoms with Crippen molar-refractivity contribution in [3.8, 4) is 11.5 Å². The van der Waals surface area contributed by atoms with Gasteiger partial charge in [0.1, 0.15) is 6.61 Å².